The van der Waals surface area contributed by atoms with Gasteiger partial charge in [-0.3, -0.25) is 9.71 Å². The van der Waals surface area contributed by atoms with Gasteiger partial charge in [-0.1, -0.05) is 0 Å². The van der Waals surface area contributed by atoms with Crippen LogP contribution in [0.15, 0.2) is 70.0 Å². The largest absolute Gasteiger partial charge is 0.508 e. The van der Waals surface area contributed by atoms with E-state index in [2.05, 4.69) is 14.7 Å². The maximum Gasteiger partial charge on any atom is 0.263 e. The summed E-state index contributed by atoms with van der Waals surface area (Å²) in [5, 5.41) is 11.2. The number of anilines is 1. The van der Waals surface area contributed by atoms with Crippen LogP contribution < -0.4 is 4.72 Å². The highest BCUT2D eigenvalue weighted by molar-refractivity contribution is 7.93. The summed E-state index contributed by atoms with van der Waals surface area (Å²) in [4.78, 5) is 8.31. The van der Waals surface area contributed by atoms with Gasteiger partial charge < -0.3 is 5.11 Å². The molecule has 24 heavy (non-hydrogen) atoms. The molecule has 1 heterocycles. The Labute approximate surface area is 143 Å². The number of aromatic hydroxyl groups is 1. The SMILES string of the molecule is O=S(=O)(Nc1nccs1)c1ccc(N=Cc2ccc(O)cc2)cc1. The Morgan fingerprint density at radius 3 is 2.42 bits per heavy atom. The average molecular weight is 359 g/mol. The number of aromatic nitrogens is 1. The van der Waals surface area contributed by atoms with Crippen LogP contribution in [0.2, 0.25) is 0 Å². The summed E-state index contributed by atoms with van der Waals surface area (Å²) in [7, 11) is -3.65. The van der Waals surface area contributed by atoms with E-state index in [0.717, 1.165) is 5.56 Å². The van der Waals surface area contributed by atoms with Crippen LogP contribution in [-0.4, -0.2) is 24.7 Å². The number of nitrogens with one attached hydrogen (secondary N) is 1. The van der Waals surface area contributed by atoms with Crippen molar-refractivity contribution in [2.24, 2.45) is 4.99 Å². The first-order chi connectivity index (χ1) is 11.5. The smallest absolute Gasteiger partial charge is 0.263 e. The van der Waals surface area contributed by atoms with Crippen LogP contribution in [0.25, 0.3) is 0 Å². The quantitative estimate of drug-likeness (QED) is 0.683. The van der Waals surface area contributed by atoms with E-state index < -0.39 is 10.0 Å². The van der Waals surface area contributed by atoms with Crippen molar-refractivity contribution in [1.82, 2.24) is 4.98 Å². The van der Waals surface area contributed by atoms with Crippen LogP contribution in [0.5, 0.6) is 5.75 Å². The van der Waals surface area contributed by atoms with Crippen LogP contribution in [-0.2, 0) is 10.0 Å². The monoisotopic (exact) mass is 359 g/mol. The molecule has 3 aromatic rings. The van der Waals surface area contributed by atoms with E-state index >= 15 is 0 Å². The number of nitrogens with zero attached hydrogens (tertiary/aromatic N) is 2. The lowest BCUT2D eigenvalue weighted by molar-refractivity contribution is 0.475. The van der Waals surface area contributed by atoms with Gasteiger partial charge in [0.1, 0.15) is 5.75 Å². The maximum atomic E-state index is 12.2. The second kappa shape index (κ2) is 6.81. The molecule has 0 atom stereocenters. The van der Waals surface area contributed by atoms with Crippen LogP contribution in [0.3, 0.4) is 0 Å². The lowest BCUT2D eigenvalue weighted by Crippen LogP contribution is -2.12. The fourth-order valence-electron chi connectivity index (χ4n) is 1.87. The normalized spacial score (nSPS) is 11.7. The summed E-state index contributed by atoms with van der Waals surface area (Å²) in [6.07, 6.45) is 3.17. The van der Waals surface area contributed by atoms with Crippen molar-refractivity contribution in [3.8, 4) is 5.75 Å². The summed E-state index contributed by atoms with van der Waals surface area (Å²) in [6.45, 7) is 0. The highest BCUT2D eigenvalue weighted by Crippen LogP contribution is 2.20. The maximum absolute atomic E-state index is 12.2. The van der Waals surface area contributed by atoms with Crippen molar-refractivity contribution in [2.45, 2.75) is 4.90 Å². The van der Waals surface area contributed by atoms with Gasteiger partial charge in [0.2, 0.25) is 0 Å². The molecule has 8 heteroatoms. The number of phenols is 1. The topological polar surface area (TPSA) is 91.7 Å². The summed E-state index contributed by atoms with van der Waals surface area (Å²) in [5.74, 6) is 0.189. The van der Waals surface area contributed by atoms with Crippen LogP contribution >= 0.6 is 11.3 Å². The molecule has 0 fully saturated rings. The molecule has 0 aliphatic heterocycles. The van der Waals surface area contributed by atoms with Gasteiger partial charge in [-0.2, -0.15) is 0 Å². The molecule has 2 aromatic carbocycles. The summed E-state index contributed by atoms with van der Waals surface area (Å²) in [5.41, 5.74) is 1.45. The molecule has 122 valence electrons. The Hall–Kier alpha value is -2.71. The number of benzene rings is 2. The van der Waals surface area contributed by atoms with Gasteiger partial charge in [0.15, 0.2) is 5.13 Å². The zero-order valence-electron chi connectivity index (χ0n) is 12.3. The second-order valence-electron chi connectivity index (χ2n) is 4.79. The molecule has 0 saturated carbocycles. The fraction of sp³-hybridized carbons (Fsp3) is 0. The van der Waals surface area contributed by atoms with Crippen LogP contribution in [0.1, 0.15) is 5.56 Å². The minimum absolute atomic E-state index is 0.140. The Balaban J connectivity index is 1.74. The minimum atomic E-state index is -3.65. The molecule has 0 aliphatic rings. The number of aliphatic imine (C=N–C) groups is 1. The molecule has 0 amide bonds. The summed E-state index contributed by atoms with van der Waals surface area (Å²) < 4.78 is 26.8. The number of sulfonamides is 1. The number of thiazole rings is 1. The van der Waals surface area contributed by atoms with Gasteiger partial charge in [-0.05, 0) is 54.1 Å². The summed E-state index contributed by atoms with van der Waals surface area (Å²) >= 11 is 1.21. The molecular weight excluding hydrogens is 346 g/mol. The van der Waals surface area contributed by atoms with Crippen molar-refractivity contribution in [3.63, 3.8) is 0 Å². The minimum Gasteiger partial charge on any atom is -0.508 e. The number of hydrogen-bond acceptors (Lipinski definition) is 6. The third-order valence-electron chi connectivity index (χ3n) is 3.06. The zero-order valence-corrected chi connectivity index (χ0v) is 14.0. The van der Waals surface area contributed by atoms with Crippen LogP contribution in [0.4, 0.5) is 10.8 Å². The Bertz CT molecular complexity index is 933. The molecule has 0 aliphatic carbocycles. The third kappa shape index (κ3) is 3.98. The van der Waals surface area contributed by atoms with Crippen molar-refractivity contribution >= 4 is 38.4 Å². The molecule has 0 radical (unpaired) electrons. The molecule has 1 aromatic heterocycles. The van der Waals surface area contributed by atoms with Gasteiger partial charge in [0.25, 0.3) is 10.0 Å². The first-order valence-electron chi connectivity index (χ1n) is 6.88. The predicted octanol–water partition coefficient (Wildman–Crippen LogP) is 3.40. The van der Waals surface area contributed by atoms with E-state index in [9.17, 15) is 13.5 Å². The Kier molecular flexibility index (Phi) is 4.59. The van der Waals surface area contributed by atoms with Gasteiger partial charge in [0, 0.05) is 17.8 Å². The van der Waals surface area contributed by atoms with E-state index in [1.54, 1.807) is 48.0 Å². The highest BCUT2D eigenvalue weighted by Gasteiger charge is 2.14. The average Bonchev–Trinajstić information content (AvgIpc) is 3.07. The number of rotatable bonds is 5. The highest BCUT2D eigenvalue weighted by atomic mass is 32.2. The first-order valence-corrected chi connectivity index (χ1v) is 9.25. The van der Waals surface area contributed by atoms with E-state index in [-0.39, 0.29) is 10.6 Å². The fourth-order valence-corrected chi connectivity index (χ4v) is 3.66. The Morgan fingerprint density at radius 2 is 1.79 bits per heavy atom. The van der Waals surface area contributed by atoms with E-state index in [0.29, 0.717) is 10.8 Å². The van der Waals surface area contributed by atoms with Crippen molar-refractivity contribution in [3.05, 3.63) is 65.7 Å². The predicted molar refractivity (Wildman–Crippen MR) is 94.7 cm³/mol. The molecule has 0 saturated heterocycles. The summed E-state index contributed by atoms with van der Waals surface area (Å²) in [6, 6.07) is 12.8. The molecular formula is C16H13N3O3S2. The van der Waals surface area contributed by atoms with Gasteiger partial charge in [-0.25, -0.2) is 13.4 Å². The van der Waals surface area contributed by atoms with E-state index in [1.165, 1.54) is 29.7 Å². The molecule has 0 bridgehead atoms. The van der Waals surface area contributed by atoms with Crippen molar-refractivity contribution < 1.29 is 13.5 Å². The van der Waals surface area contributed by atoms with Crippen LogP contribution in [0, 0.1) is 0 Å². The van der Waals surface area contributed by atoms with Crippen molar-refractivity contribution in [2.75, 3.05) is 4.72 Å². The molecule has 6 nitrogen and oxygen atoms in total. The van der Waals surface area contributed by atoms with E-state index in [4.69, 9.17) is 0 Å². The van der Waals surface area contributed by atoms with E-state index in [1.807, 2.05) is 0 Å². The number of hydrogen-bond donors (Lipinski definition) is 2. The first kappa shape index (κ1) is 16.2. The molecule has 0 unspecified atom stereocenters. The third-order valence-corrected chi connectivity index (χ3v) is 5.23. The second-order valence-corrected chi connectivity index (χ2v) is 7.36. The van der Waals surface area contributed by atoms with Gasteiger partial charge in [0.05, 0.1) is 10.6 Å². The molecule has 3 rings (SSSR count). The molecule has 0 spiro atoms. The zero-order chi connectivity index (χ0) is 17.0. The lowest BCUT2D eigenvalue weighted by atomic mass is 10.2. The number of phenolic OH excluding ortho intramolecular Hbond substituents is 1. The van der Waals surface area contributed by atoms with Gasteiger partial charge >= 0.3 is 0 Å². The Morgan fingerprint density at radius 1 is 1.08 bits per heavy atom. The lowest BCUT2D eigenvalue weighted by Gasteiger charge is -2.05. The standard InChI is InChI=1S/C16H13N3O3S2/c20-14-5-1-12(2-6-14)11-18-13-3-7-15(8-4-13)24(21,22)19-16-17-9-10-23-16/h1-11,20H,(H,17,19). The molecule has 2 N–H and O–H groups in total. The van der Waals surface area contributed by atoms with Crippen molar-refractivity contribution in [1.29, 1.82) is 0 Å². The van der Waals surface area contributed by atoms with Gasteiger partial charge in [-0.15, -0.1) is 11.3 Å².